The number of nitrogens with one attached hydrogen (secondary N) is 1. The summed E-state index contributed by atoms with van der Waals surface area (Å²) in [5.41, 5.74) is 0. The van der Waals surface area contributed by atoms with Crippen molar-refractivity contribution in [3.05, 3.63) is 29.5 Å². The number of aliphatic hydroxyl groups is 1. The lowest BCUT2D eigenvalue weighted by Gasteiger charge is -2.01. The van der Waals surface area contributed by atoms with Crippen molar-refractivity contribution >= 4 is 22.4 Å². The van der Waals surface area contributed by atoms with Crippen LogP contribution >= 0.6 is 11.3 Å². The summed E-state index contributed by atoms with van der Waals surface area (Å²) in [6.07, 6.45) is 5.87. The fourth-order valence-corrected chi connectivity index (χ4v) is 2.13. The predicted octanol–water partition coefficient (Wildman–Crippen LogP) is 1.10. The van der Waals surface area contributed by atoms with Gasteiger partial charge in [0.05, 0.1) is 17.7 Å². The molecule has 0 aliphatic heterocycles. The topological polar surface area (TPSA) is 80.0 Å². The highest BCUT2D eigenvalue weighted by Gasteiger charge is 2.06. The van der Waals surface area contributed by atoms with Crippen LogP contribution in [0.25, 0.3) is 0 Å². The average Bonchev–Trinajstić information content (AvgIpc) is 3.08. The number of amides is 1. The maximum absolute atomic E-state index is 11.7. The minimum Gasteiger partial charge on any atom is -0.395 e. The van der Waals surface area contributed by atoms with Crippen LogP contribution in [0.1, 0.15) is 17.7 Å². The summed E-state index contributed by atoms with van der Waals surface area (Å²) in [7, 11) is 0. The van der Waals surface area contributed by atoms with Gasteiger partial charge in [-0.3, -0.25) is 9.48 Å². The smallest absolute Gasteiger partial charge is 0.228 e. The molecule has 0 fully saturated rings. The summed E-state index contributed by atoms with van der Waals surface area (Å²) in [5, 5.41) is 15.9. The van der Waals surface area contributed by atoms with E-state index in [2.05, 4.69) is 27.2 Å². The number of thiazole rings is 1. The van der Waals surface area contributed by atoms with Crippen LogP contribution in [-0.4, -0.2) is 32.4 Å². The first-order valence-electron chi connectivity index (χ1n) is 6.11. The molecule has 0 spiro atoms. The number of hydrogen-bond donors (Lipinski definition) is 2. The summed E-state index contributed by atoms with van der Waals surface area (Å²) in [5.74, 6) is 5.58. The summed E-state index contributed by atoms with van der Waals surface area (Å²) >= 11 is 1.31. The molecule has 0 unspecified atom stereocenters. The first-order chi connectivity index (χ1) is 9.78. The van der Waals surface area contributed by atoms with Crippen LogP contribution in [0.2, 0.25) is 0 Å². The van der Waals surface area contributed by atoms with Gasteiger partial charge in [-0.15, -0.1) is 0 Å². The Labute approximate surface area is 120 Å². The molecule has 0 saturated carbocycles. The summed E-state index contributed by atoms with van der Waals surface area (Å²) < 4.78 is 1.70. The maximum Gasteiger partial charge on any atom is 0.228 e. The van der Waals surface area contributed by atoms with Crippen molar-refractivity contribution in [2.24, 2.45) is 0 Å². The molecule has 0 aliphatic carbocycles. The molecule has 6 nitrogen and oxygen atoms in total. The van der Waals surface area contributed by atoms with Crippen LogP contribution in [0.3, 0.4) is 0 Å². The Morgan fingerprint density at radius 3 is 3.20 bits per heavy atom. The third-order valence-corrected chi connectivity index (χ3v) is 3.16. The van der Waals surface area contributed by atoms with Crippen molar-refractivity contribution in [2.45, 2.75) is 19.4 Å². The van der Waals surface area contributed by atoms with E-state index in [4.69, 9.17) is 5.11 Å². The molecule has 7 heteroatoms. The molecule has 0 aromatic carbocycles. The standard InChI is InChI=1S/C13H14N4O2S/c18-9-2-1-4-11-10-14-13(20-11)16-12(19)5-8-17-7-3-6-15-17/h3,6-7,10,18H,2,5,8-9H2,(H,14,16,19). The van der Waals surface area contributed by atoms with Crippen molar-refractivity contribution in [3.8, 4) is 11.8 Å². The van der Waals surface area contributed by atoms with E-state index in [0.29, 0.717) is 24.5 Å². The molecule has 0 aliphatic rings. The molecule has 20 heavy (non-hydrogen) atoms. The van der Waals surface area contributed by atoms with E-state index in [-0.39, 0.29) is 12.5 Å². The Balaban J connectivity index is 1.81. The Morgan fingerprint density at radius 1 is 1.55 bits per heavy atom. The van der Waals surface area contributed by atoms with Gasteiger partial charge in [0.25, 0.3) is 0 Å². The highest BCUT2D eigenvalue weighted by atomic mass is 32.1. The predicted molar refractivity (Wildman–Crippen MR) is 76.2 cm³/mol. The van der Waals surface area contributed by atoms with Crippen LogP contribution in [0.5, 0.6) is 0 Å². The molecule has 0 radical (unpaired) electrons. The third kappa shape index (κ3) is 4.50. The molecule has 2 aromatic heterocycles. The van der Waals surface area contributed by atoms with Crippen LogP contribution < -0.4 is 5.32 Å². The average molecular weight is 290 g/mol. The number of hydrogen-bond acceptors (Lipinski definition) is 5. The number of nitrogens with zero attached hydrogens (tertiary/aromatic N) is 3. The van der Waals surface area contributed by atoms with E-state index >= 15 is 0 Å². The van der Waals surface area contributed by atoms with E-state index < -0.39 is 0 Å². The van der Waals surface area contributed by atoms with Crippen molar-refractivity contribution < 1.29 is 9.90 Å². The van der Waals surface area contributed by atoms with Gasteiger partial charge in [0.1, 0.15) is 0 Å². The normalized spacial score (nSPS) is 9.85. The van der Waals surface area contributed by atoms with Gasteiger partial charge in [-0.05, 0) is 6.07 Å². The van der Waals surface area contributed by atoms with Gasteiger partial charge in [-0.2, -0.15) is 5.10 Å². The van der Waals surface area contributed by atoms with E-state index in [1.807, 2.05) is 12.3 Å². The molecule has 2 aromatic rings. The van der Waals surface area contributed by atoms with Gasteiger partial charge in [-0.25, -0.2) is 4.98 Å². The lowest BCUT2D eigenvalue weighted by Crippen LogP contribution is -2.14. The van der Waals surface area contributed by atoms with Crippen molar-refractivity contribution in [1.82, 2.24) is 14.8 Å². The second-order valence-corrected chi connectivity index (χ2v) is 4.90. The number of aliphatic hydroxyl groups excluding tert-OH is 1. The second kappa shape index (κ2) is 7.43. The zero-order valence-corrected chi connectivity index (χ0v) is 11.6. The molecule has 2 rings (SSSR count). The number of aryl methyl sites for hydroxylation is 1. The quantitative estimate of drug-likeness (QED) is 0.808. The first kappa shape index (κ1) is 14.2. The molecular weight excluding hydrogens is 276 g/mol. The highest BCUT2D eigenvalue weighted by molar-refractivity contribution is 7.16. The Bertz CT molecular complexity index is 610. The van der Waals surface area contributed by atoms with E-state index in [1.165, 1.54) is 11.3 Å². The van der Waals surface area contributed by atoms with Crippen molar-refractivity contribution in [2.75, 3.05) is 11.9 Å². The Kier molecular flexibility index (Phi) is 5.29. The van der Waals surface area contributed by atoms with Crippen molar-refractivity contribution in [1.29, 1.82) is 0 Å². The minimum atomic E-state index is -0.107. The van der Waals surface area contributed by atoms with E-state index in [9.17, 15) is 4.79 Å². The lowest BCUT2D eigenvalue weighted by molar-refractivity contribution is -0.116. The molecule has 1 amide bonds. The molecule has 2 heterocycles. The molecule has 2 N–H and O–H groups in total. The van der Waals surface area contributed by atoms with Gasteiger partial charge in [0, 0.05) is 31.8 Å². The third-order valence-electron chi connectivity index (χ3n) is 2.33. The zero-order chi connectivity index (χ0) is 14.2. The summed E-state index contributed by atoms with van der Waals surface area (Å²) in [6, 6.07) is 1.82. The minimum absolute atomic E-state index is 0.0445. The fraction of sp³-hybridized carbons (Fsp3) is 0.308. The number of rotatable bonds is 5. The van der Waals surface area contributed by atoms with Gasteiger partial charge in [0.2, 0.25) is 5.91 Å². The Hall–Kier alpha value is -2.17. The molecule has 0 bridgehead atoms. The largest absolute Gasteiger partial charge is 0.395 e. The SMILES string of the molecule is O=C(CCn1cccn1)Nc1ncc(C#CCCO)s1. The number of carbonyl (C=O) groups is 1. The molecule has 104 valence electrons. The lowest BCUT2D eigenvalue weighted by atomic mass is 10.4. The number of aromatic nitrogens is 3. The van der Waals surface area contributed by atoms with Crippen LogP contribution in [-0.2, 0) is 11.3 Å². The molecular formula is C13H14N4O2S. The fourth-order valence-electron chi connectivity index (χ4n) is 1.43. The van der Waals surface area contributed by atoms with E-state index in [0.717, 1.165) is 4.88 Å². The molecule has 0 saturated heterocycles. The van der Waals surface area contributed by atoms with Crippen LogP contribution in [0.4, 0.5) is 5.13 Å². The second-order valence-electron chi connectivity index (χ2n) is 3.87. The highest BCUT2D eigenvalue weighted by Crippen LogP contribution is 2.17. The van der Waals surface area contributed by atoms with Gasteiger partial charge in [-0.1, -0.05) is 23.2 Å². The van der Waals surface area contributed by atoms with Gasteiger partial charge < -0.3 is 10.4 Å². The van der Waals surface area contributed by atoms with Crippen molar-refractivity contribution in [3.63, 3.8) is 0 Å². The van der Waals surface area contributed by atoms with Gasteiger partial charge in [0.15, 0.2) is 5.13 Å². The van der Waals surface area contributed by atoms with Crippen LogP contribution in [0.15, 0.2) is 24.7 Å². The summed E-state index contributed by atoms with van der Waals surface area (Å²) in [4.78, 5) is 16.6. The zero-order valence-electron chi connectivity index (χ0n) is 10.7. The monoisotopic (exact) mass is 290 g/mol. The van der Waals surface area contributed by atoms with E-state index in [1.54, 1.807) is 17.1 Å². The maximum atomic E-state index is 11.7. The van der Waals surface area contributed by atoms with Gasteiger partial charge >= 0.3 is 0 Å². The number of carbonyl (C=O) groups excluding carboxylic acids is 1. The first-order valence-corrected chi connectivity index (χ1v) is 6.92. The summed E-state index contributed by atoms with van der Waals surface area (Å²) in [6.45, 7) is 0.580. The number of anilines is 1. The van der Waals surface area contributed by atoms with Crippen LogP contribution in [0, 0.1) is 11.8 Å². The Morgan fingerprint density at radius 2 is 2.45 bits per heavy atom. The molecule has 0 atom stereocenters.